The van der Waals surface area contributed by atoms with Crippen LogP contribution in [0.1, 0.15) is 32.6 Å². The molecule has 3 heteroatoms. The first-order valence-corrected chi connectivity index (χ1v) is 6.10. The maximum Gasteiger partial charge on any atom is 0.137 e. The van der Waals surface area contributed by atoms with Crippen LogP contribution in [0.25, 0.3) is 0 Å². The largest absolute Gasteiger partial charge is 0.395 e. The van der Waals surface area contributed by atoms with Gasteiger partial charge in [-0.15, -0.1) is 0 Å². The summed E-state index contributed by atoms with van der Waals surface area (Å²) in [5.41, 5.74) is 0. The van der Waals surface area contributed by atoms with Crippen LogP contribution in [0.5, 0.6) is 0 Å². The third-order valence-electron chi connectivity index (χ3n) is 4.07. The number of ketones is 1. The molecule has 0 spiro atoms. The maximum absolute atomic E-state index is 11.5. The third kappa shape index (κ3) is 2.23. The van der Waals surface area contributed by atoms with Crippen LogP contribution in [0.15, 0.2) is 0 Å². The van der Waals surface area contributed by atoms with Crippen molar-refractivity contribution in [3.05, 3.63) is 0 Å². The minimum atomic E-state index is 0.238. The number of nitrogens with zero attached hydrogens (tertiary/aromatic N) is 1. The Morgan fingerprint density at radius 2 is 2.27 bits per heavy atom. The first-order valence-electron chi connectivity index (χ1n) is 6.10. The zero-order valence-corrected chi connectivity index (χ0v) is 9.48. The summed E-state index contributed by atoms with van der Waals surface area (Å²) in [7, 11) is 0. The molecule has 0 aromatic heterocycles. The lowest BCUT2D eigenvalue weighted by atomic mass is 10.0. The number of hydrogen-bond donors (Lipinski definition) is 1. The van der Waals surface area contributed by atoms with Crippen LogP contribution in [0.3, 0.4) is 0 Å². The van der Waals surface area contributed by atoms with Gasteiger partial charge >= 0.3 is 0 Å². The Kier molecular flexibility index (Phi) is 3.42. The molecule has 1 aliphatic heterocycles. The molecule has 0 radical (unpaired) electrons. The summed E-state index contributed by atoms with van der Waals surface area (Å²) in [5, 5.41) is 9.32. The molecule has 0 amide bonds. The van der Waals surface area contributed by atoms with E-state index in [2.05, 4.69) is 11.8 Å². The summed E-state index contributed by atoms with van der Waals surface area (Å²) >= 11 is 0. The normalized spacial score (nSPS) is 37.7. The third-order valence-corrected chi connectivity index (χ3v) is 4.07. The van der Waals surface area contributed by atoms with Crippen molar-refractivity contribution >= 4 is 5.78 Å². The number of aliphatic hydroxyl groups is 1. The number of Topliss-reactive ketones (excluding diaryl/α,β-unsaturated/α-hetero) is 1. The second-order valence-electron chi connectivity index (χ2n) is 5.07. The van der Waals surface area contributed by atoms with Crippen LogP contribution >= 0.6 is 0 Å². The van der Waals surface area contributed by atoms with E-state index in [9.17, 15) is 9.90 Å². The number of carbonyl (C=O) groups excluding carboxylic acids is 1. The number of hydrogen-bond acceptors (Lipinski definition) is 3. The van der Waals surface area contributed by atoms with Crippen LogP contribution in [-0.4, -0.2) is 41.5 Å². The lowest BCUT2D eigenvalue weighted by Crippen LogP contribution is -2.39. The van der Waals surface area contributed by atoms with Crippen LogP contribution in [-0.2, 0) is 4.79 Å². The summed E-state index contributed by atoms with van der Waals surface area (Å²) in [5.74, 6) is 1.27. The molecule has 1 aliphatic carbocycles. The number of carbonyl (C=O) groups is 1. The Morgan fingerprint density at radius 1 is 1.47 bits per heavy atom. The number of likely N-dealkylation sites (tertiary alicyclic amines) is 1. The topological polar surface area (TPSA) is 40.5 Å². The highest BCUT2D eigenvalue weighted by Crippen LogP contribution is 2.28. The van der Waals surface area contributed by atoms with E-state index in [0.717, 1.165) is 38.8 Å². The highest BCUT2D eigenvalue weighted by atomic mass is 16.3. The maximum atomic E-state index is 11.5. The van der Waals surface area contributed by atoms with Crippen LogP contribution < -0.4 is 0 Å². The second kappa shape index (κ2) is 4.62. The molecule has 1 N–H and O–H groups in total. The van der Waals surface area contributed by atoms with Crippen molar-refractivity contribution in [1.82, 2.24) is 4.90 Å². The Bertz CT molecular complexity index is 242. The van der Waals surface area contributed by atoms with Gasteiger partial charge in [0.05, 0.1) is 6.61 Å². The van der Waals surface area contributed by atoms with Crippen molar-refractivity contribution in [3.63, 3.8) is 0 Å². The molecular weight excluding hydrogens is 190 g/mol. The van der Waals surface area contributed by atoms with Gasteiger partial charge in [-0.1, -0.05) is 6.92 Å². The van der Waals surface area contributed by atoms with E-state index in [0.29, 0.717) is 17.7 Å². The smallest absolute Gasteiger partial charge is 0.137 e. The molecular formula is C12H21NO2. The number of rotatable bonds is 3. The minimum Gasteiger partial charge on any atom is -0.395 e. The zero-order valence-electron chi connectivity index (χ0n) is 9.48. The van der Waals surface area contributed by atoms with Gasteiger partial charge in [-0.3, -0.25) is 9.69 Å². The lowest BCUT2D eigenvalue weighted by molar-refractivity contribution is -0.121. The van der Waals surface area contributed by atoms with E-state index < -0.39 is 0 Å². The van der Waals surface area contributed by atoms with E-state index in [4.69, 9.17) is 0 Å². The average Bonchev–Trinajstić information content (AvgIpc) is 2.76. The molecule has 15 heavy (non-hydrogen) atoms. The predicted octanol–water partition coefficient (Wildman–Crippen LogP) is 1.06. The molecule has 0 aromatic rings. The van der Waals surface area contributed by atoms with Gasteiger partial charge in [0.2, 0.25) is 0 Å². The standard InChI is InChI=1S/C12H21NO2/c1-9-5-6-13(11(9)8-14)7-10-3-2-4-12(10)15/h9-11,14H,2-8H2,1H3. The Hall–Kier alpha value is -0.410. The van der Waals surface area contributed by atoms with E-state index >= 15 is 0 Å². The van der Waals surface area contributed by atoms with Crippen LogP contribution in [0, 0.1) is 11.8 Å². The molecule has 0 aromatic carbocycles. The van der Waals surface area contributed by atoms with Crippen molar-refractivity contribution in [2.75, 3.05) is 19.7 Å². The zero-order chi connectivity index (χ0) is 10.8. The Labute approximate surface area is 91.5 Å². The molecule has 1 saturated carbocycles. The van der Waals surface area contributed by atoms with Crippen LogP contribution in [0.2, 0.25) is 0 Å². The molecule has 0 bridgehead atoms. The van der Waals surface area contributed by atoms with Gasteiger partial charge in [0.15, 0.2) is 0 Å². The van der Waals surface area contributed by atoms with Gasteiger partial charge in [-0.25, -0.2) is 0 Å². The van der Waals surface area contributed by atoms with Crippen LogP contribution in [0.4, 0.5) is 0 Å². The molecule has 3 atom stereocenters. The second-order valence-corrected chi connectivity index (χ2v) is 5.07. The molecule has 2 fully saturated rings. The fraction of sp³-hybridized carbons (Fsp3) is 0.917. The molecule has 2 aliphatic rings. The molecule has 86 valence electrons. The predicted molar refractivity (Wildman–Crippen MR) is 58.6 cm³/mol. The molecule has 1 saturated heterocycles. The molecule has 2 rings (SSSR count). The fourth-order valence-corrected chi connectivity index (χ4v) is 2.97. The highest BCUT2D eigenvalue weighted by Gasteiger charge is 2.34. The van der Waals surface area contributed by atoms with Crippen molar-refractivity contribution in [2.24, 2.45) is 11.8 Å². The van der Waals surface area contributed by atoms with Gasteiger partial charge in [-0.05, 0) is 31.7 Å². The van der Waals surface area contributed by atoms with Gasteiger partial charge < -0.3 is 5.11 Å². The SMILES string of the molecule is CC1CCN(CC2CCCC2=O)C1CO. The van der Waals surface area contributed by atoms with E-state index in [-0.39, 0.29) is 12.5 Å². The van der Waals surface area contributed by atoms with E-state index in [1.165, 1.54) is 0 Å². The van der Waals surface area contributed by atoms with Gasteiger partial charge in [0.1, 0.15) is 5.78 Å². The van der Waals surface area contributed by atoms with Gasteiger partial charge in [0, 0.05) is 24.9 Å². The van der Waals surface area contributed by atoms with Crippen molar-refractivity contribution < 1.29 is 9.90 Å². The van der Waals surface area contributed by atoms with Crippen molar-refractivity contribution in [2.45, 2.75) is 38.6 Å². The fourth-order valence-electron chi connectivity index (χ4n) is 2.97. The monoisotopic (exact) mass is 211 g/mol. The summed E-state index contributed by atoms with van der Waals surface area (Å²) in [6, 6.07) is 0.290. The van der Waals surface area contributed by atoms with Gasteiger partial charge in [-0.2, -0.15) is 0 Å². The first-order chi connectivity index (χ1) is 7.22. The average molecular weight is 211 g/mol. The lowest BCUT2D eigenvalue weighted by Gasteiger charge is -2.27. The van der Waals surface area contributed by atoms with Crippen molar-refractivity contribution in [3.8, 4) is 0 Å². The summed E-state index contributed by atoms with van der Waals surface area (Å²) < 4.78 is 0. The summed E-state index contributed by atoms with van der Waals surface area (Å²) in [4.78, 5) is 13.9. The van der Waals surface area contributed by atoms with E-state index in [1.807, 2.05) is 0 Å². The summed E-state index contributed by atoms with van der Waals surface area (Å²) in [6.45, 7) is 4.37. The van der Waals surface area contributed by atoms with Gasteiger partial charge in [0.25, 0.3) is 0 Å². The van der Waals surface area contributed by atoms with Crippen molar-refractivity contribution in [1.29, 1.82) is 0 Å². The number of aliphatic hydroxyl groups excluding tert-OH is 1. The molecule has 3 nitrogen and oxygen atoms in total. The highest BCUT2D eigenvalue weighted by molar-refractivity contribution is 5.83. The first kappa shape index (κ1) is 11.1. The molecule has 1 heterocycles. The Balaban J connectivity index is 1.91. The summed E-state index contributed by atoms with van der Waals surface area (Å²) in [6.07, 6.45) is 4.06. The van der Waals surface area contributed by atoms with E-state index in [1.54, 1.807) is 0 Å². The molecule has 3 unspecified atom stereocenters. The Morgan fingerprint density at radius 3 is 2.87 bits per heavy atom. The quantitative estimate of drug-likeness (QED) is 0.759. The minimum absolute atomic E-state index is 0.238.